The van der Waals surface area contributed by atoms with Crippen LogP contribution in [0.25, 0.3) is 21.9 Å². The molecule has 0 bridgehead atoms. The van der Waals surface area contributed by atoms with Crippen molar-refractivity contribution in [3.8, 4) is 11.1 Å². The molecule has 0 aliphatic heterocycles. The Labute approximate surface area is 99.0 Å². The van der Waals surface area contributed by atoms with Gasteiger partial charge >= 0.3 is 0 Å². The molecule has 2 heteroatoms. The van der Waals surface area contributed by atoms with Gasteiger partial charge in [-0.25, -0.2) is 0 Å². The van der Waals surface area contributed by atoms with Crippen molar-refractivity contribution in [3.05, 3.63) is 60.2 Å². The Morgan fingerprint density at radius 3 is 2.94 bits per heavy atom. The fourth-order valence-corrected chi connectivity index (χ4v) is 2.58. The second-order valence-electron chi connectivity index (χ2n) is 4.41. The van der Waals surface area contributed by atoms with Crippen molar-refractivity contribution in [2.75, 3.05) is 0 Å². The van der Waals surface area contributed by atoms with E-state index in [2.05, 4.69) is 34.2 Å². The Morgan fingerprint density at radius 1 is 0.941 bits per heavy atom. The summed E-state index contributed by atoms with van der Waals surface area (Å²) in [4.78, 5) is 8.62. The number of hydrogen-bond acceptors (Lipinski definition) is 2. The summed E-state index contributed by atoms with van der Waals surface area (Å²) in [5.41, 5.74) is 5.15. The van der Waals surface area contributed by atoms with Gasteiger partial charge in [0.25, 0.3) is 0 Å². The van der Waals surface area contributed by atoms with Crippen molar-refractivity contribution in [1.82, 2.24) is 9.97 Å². The maximum absolute atomic E-state index is 4.45. The van der Waals surface area contributed by atoms with Crippen LogP contribution in [0.4, 0.5) is 0 Å². The molecular formula is C15H10N2. The molecule has 0 saturated carbocycles. The zero-order valence-electron chi connectivity index (χ0n) is 9.22. The van der Waals surface area contributed by atoms with Gasteiger partial charge in [-0.3, -0.25) is 9.97 Å². The molecule has 2 heterocycles. The van der Waals surface area contributed by atoms with Gasteiger partial charge in [-0.15, -0.1) is 0 Å². The van der Waals surface area contributed by atoms with E-state index in [4.69, 9.17) is 0 Å². The quantitative estimate of drug-likeness (QED) is 0.453. The standard InChI is InChI=1S/C15H10N2/c1-2-13-14-7-10-3-5-16-9-12(10)6-11(14)8-15(13)17-4-1/h1-7,9H,8H2. The molecule has 17 heavy (non-hydrogen) atoms. The summed E-state index contributed by atoms with van der Waals surface area (Å²) in [5.74, 6) is 0. The number of nitrogens with zero attached hydrogens (tertiary/aromatic N) is 2. The zero-order valence-corrected chi connectivity index (χ0v) is 9.22. The van der Waals surface area contributed by atoms with Crippen LogP contribution in [0.15, 0.2) is 48.9 Å². The minimum absolute atomic E-state index is 0.941. The summed E-state index contributed by atoms with van der Waals surface area (Å²) in [6.45, 7) is 0. The highest BCUT2D eigenvalue weighted by molar-refractivity contribution is 5.90. The summed E-state index contributed by atoms with van der Waals surface area (Å²) >= 11 is 0. The summed E-state index contributed by atoms with van der Waals surface area (Å²) in [7, 11) is 0. The molecule has 0 N–H and O–H groups in total. The Bertz CT molecular complexity index is 732. The van der Waals surface area contributed by atoms with Gasteiger partial charge in [0.15, 0.2) is 0 Å². The van der Waals surface area contributed by atoms with E-state index < -0.39 is 0 Å². The van der Waals surface area contributed by atoms with Crippen LogP contribution < -0.4 is 0 Å². The molecule has 0 amide bonds. The van der Waals surface area contributed by atoms with E-state index in [9.17, 15) is 0 Å². The highest BCUT2D eigenvalue weighted by atomic mass is 14.7. The minimum Gasteiger partial charge on any atom is -0.264 e. The maximum atomic E-state index is 4.45. The van der Waals surface area contributed by atoms with E-state index in [1.54, 1.807) is 0 Å². The Hall–Kier alpha value is -2.22. The van der Waals surface area contributed by atoms with Crippen molar-refractivity contribution in [2.24, 2.45) is 0 Å². The van der Waals surface area contributed by atoms with E-state index in [0.29, 0.717) is 0 Å². The number of pyridine rings is 2. The SMILES string of the molecule is c1cnc2c(c1)-c1cc3ccncc3cc1C2. The van der Waals surface area contributed by atoms with Gasteiger partial charge in [0.05, 0.1) is 5.69 Å². The van der Waals surface area contributed by atoms with Crippen LogP contribution in [0.3, 0.4) is 0 Å². The predicted molar refractivity (Wildman–Crippen MR) is 67.8 cm³/mol. The lowest BCUT2D eigenvalue weighted by Crippen LogP contribution is -1.84. The van der Waals surface area contributed by atoms with Gasteiger partial charge in [0.1, 0.15) is 0 Å². The van der Waals surface area contributed by atoms with Crippen LogP contribution in [0.1, 0.15) is 11.3 Å². The summed E-state index contributed by atoms with van der Waals surface area (Å²) in [5, 5.41) is 2.45. The molecule has 1 aliphatic carbocycles. The van der Waals surface area contributed by atoms with Gasteiger partial charge in [-0.2, -0.15) is 0 Å². The monoisotopic (exact) mass is 218 g/mol. The van der Waals surface area contributed by atoms with Gasteiger partial charge in [-0.05, 0) is 40.8 Å². The van der Waals surface area contributed by atoms with Gasteiger partial charge in [0, 0.05) is 36.0 Å². The van der Waals surface area contributed by atoms with E-state index >= 15 is 0 Å². The molecule has 1 aliphatic rings. The summed E-state index contributed by atoms with van der Waals surface area (Å²) < 4.78 is 0. The lowest BCUT2D eigenvalue weighted by atomic mass is 10.0. The third kappa shape index (κ3) is 1.21. The molecule has 2 aromatic heterocycles. The normalized spacial score (nSPS) is 12.5. The summed E-state index contributed by atoms with van der Waals surface area (Å²) in [6.07, 6.45) is 6.57. The second kappa shape index (κ2) is 3.14. The predicted octanol–water partition coefficient (Wildman–Crippen LogP) is 3.20. The first-order valence-electron chi connectivity index (χ1n) is 5.73. The van der Waals surface area contributed by atoms with Crippen LogP contribution in [0, 0.1) is 0 Å². The first-order valence-corrected chi connectivity index (χ1v) is 5.73. The fraction of sp³-hybridized carbons (Fsp3) is 0.0667. The Kier molecular flexibility index (Phi) is 1.64. The number of benzene rings is 1. The third-order valence-corrected chi connectivity index (χ3v) is 3.40. The average molecular weight is 218 g/mol. The molecule has 0 fully saturated rings. The molecule has 3 aromatic rings. The van der Waals surface area contributed by atoms with Crippen molar-refractivity contribution in [2.45, 2.75) is 6.42 Å². The maximum Gasteiger partial charge on any atom is 0.0525 e. The van der Waals surface area contributed by atoms with Crippen molar-refractivity contribution >= 4 is 10.8 Å². The van der Waals surface area contributed by atoms with E-state index in [0.717, 1.165) is 6.42 Å². The smallest absolute Gasteiger partial charge is 0.0525 e. The van der Waals surface area contributed by atoms with E-state index in [1.807, 2.05) is 24.7 Å². The molecule has 0 atom stereocenters. The molecular weight excluding hydrogens is 208 g/mol. The summed E-state index contributed by atoms with van der Waals surface area (Å²) in [6, 6.07) is 10.7. The van der Waals surface area contributed by atoms with Crippen LogP contribution >= 0.6 is 0 Å². The van der Waals surface area contributed by atoms with Crippen LogP contribution in [0.2, 0.25) is 0 Å². The third-order valence-electron chi connectivity index (χ3n) is 3.40. The molecule has 80 valence electrons. The van der Waals surface area contributed by atoms with Gasteiger partial charge in [-0.1, -0.05) is 6.07 Å². The molecule has 4 rings (SSSR count). The molecule has 0 spiro atoms. The molecule has 1 aromatic carbocycles. The average Bonchev–Trinajstić information content (AvgIpc) is 2.73. The number of aromatic nitrogens is 2. The first-order chi connectivity index (χ1) is 8.42. The lowest BCUT2D eigenvalue weighted by Gasteiger charge is -2.03. The van der Waals surface area contributed by atoms with Crippen molar-refractivity contribution < 1.29 is 0 Å². The van der Waals surface area contributed by atoms with Crippen LogP contribution in [0.5, 0.6) is 0 Å². The lowest BCUT2D eigenvalue weighted by molar-refractivity contribution is 1.12. The van der Waals surface area contributed by atoms with Crippen LogP contribution in [-0.2, 0) is 6.42 Å². The fourth-order valence-electron chi connectivity index (χ4n) is 2.58. The van der Waals surface area contributed by atoms with E-state index in [1.165, 1.54) is 33.2 Å². The highest BCUT2D eigenvalue weighted by Gasteiger charge is 2.19. The topological polar surface area (TPSA) is 25.8 Å². The number of hydrogen-bond donors (Lipinski definition) is 0. The number of rotatable bonds is 0. The minimum atomic E-state index is 0.941. The zero-order chi connectivity index (χ0) is 11.2. The largest absolute Gasteiger partial charge is 0.264 e. The van der Waals surface area contributed by atoms with Crippen molar-refractivity contribution in [3.63, 3.8) is 0 Å². The van der Waals surface area contributed by atoms with E-state index in [-0.39, 0.29) is 0 Å². The van der Waals surface area contributed by atoms with Crippen molar-refractivity contribution in [1.29, 1.82) is 0 Å². The highest BCUT2D eigenvalue weighted by Crippen LogP contribution is 2.37. The first kappa shape index (κ1) is 8.88. The number of fused-ring (bicyclic) bond motifs is 4. The van der Waals surface area contributed by atoms with Gasteiger partial charge in [0.2, 0.25) is 0 Å². The molecule has 2 nitrogen and oxygen atoms in total. The van der Waals surface area contributed by atoms with Crippen LogP contribution in [-0.4, -0.2) is 9.97 Å². The molecule has 0 radical (unpaired) electrons. The Balaban J connectivity index is 2.07. The second-order valence-corrected chi connectivity index (χ2v) is 4.41. The van der Waals surface area contributed by atoms with Gasteiger partial charge < -0.3 is 0 Å². The molecule has 0 saturated heterocycles. The molecule has 0 unspecified atom stereocenters. The Morgan fingerprint density at radius 2 is 1.94 bits per heavy atom.